The van der Waals surface area contributed by atoms with Crippen molar-refractivity contribution in [1.82, 2.24) is 0 Å². The number of carbonyl (C=O) groups is 1. The Bertz CT molecular complexity index is 401. The van der Waals surface area contributed by atoms with E-state index in [0.717, 1.165) is 25.3 Å². The van der Waals surface area contributed by atoms with Crippen LogP contribution in [0.25, 0.3) is 0 Å². The summed E-state index contributed by atoms with van der Waals surface area (Å²) in [6, 6.07) is 4.20. The van der Waals surface area contributed by atoms with E-state index >= 15 is 0 Å². The fraction of sp³-hybridized carbons (Fsp3) is 0.462. The van der Waals surface area contributed by atoms with Gasteiger partial charge in [-0.05, 0) is 30.4 Å². The van der Waals surface area contributed by atoms with E-state index in [2.05, 4.69) is 0 Å². The molecule has 1 aliphatic carbocycles. The highest BCUT2D eigenvalue weighted by molar-refractivity contribution is 5.79. The highest BCUT2D eigenvalue weighted by Gasteiger charge is 2.22. The smallest absolute Gasteiger partial charge is 0.162 e. The molecule has 1 aromatic carbocycles. The molecule has 0 saturated heterocycles. The minimum Gasteiger partial charge on any atom is -0.300 e. The first-order chi connectivity index (χ1) is 7.68. The molecule has 1 unspecified atom stereocenters. The SMILES string of the molecule is O=C1CCCCC(c2cccc(F)c2F)C1. The van der Waals surface area contributed by atoms with E-state index in [-0.39, 0.29) is 11.7 Å². The summed E-state index contributed by atoms with van der Waals surface area (Å²) in [6.45, 7) is 0. The normalized spacial score (nSPS) is 21.9. The van der Waals surface area contributed by atoms with Crippen molar-refractivity contribution in [1.29, 1.82) is 0 Å². The Kier molecular flexibility index (Phi) is 3.32. The lowest BCUT2D eigenvalue weighted by Gasteiger charge is -2.14. The highest BCUT2D eigenvalue weighted by atomic mass is 19.2. The summed E-state index contributed by atoms with van der Waals surface area (Å²) in [7, 11) is 0. The molecule has 0 spiro atoms. The van der Waals surface area contributed by atoms with E-state index < -0.39 is 11.6 Å². The largest absolute Gasteiger partial charge is 0.300 e. The molecular formula is C13H14F2O. The Hall–Kier alpha value is -1.25. The van der Waals surface area contributed by atoms with Gasteiger partial charge < -0.3 is 0 Å². The molecule has 16 heavy (non-hydrogen) atoms. The molecule has 0 radical (unpaired) electrons. The number of rotatable bonds is 1. The van der Waals surface area contributed by atoms with Crippen molar-refractivity contribution in [3.05, 3.63) is 35.4 Å². The molecule has 0 amide bonds. The van der Waals surface area contributed by atoms with Crippen LogP contribution in [0.3, 0.4) is 0 Å². The van der Waals surface area contributed by atoms with Crippen molar-refractivity contribution in [2.45, 2.75) is 38.0 Å². The van der Waals surface area contributed by atoms with Gasteiger partial charge in [-0.2, -0.15) is 0 Å². The maximum atomic E-state index is 13.6. The third-order valence-electron chi connectivity index (χ3n) is 3.15. The summed E-state index contributed by atoms with van der Waals surface area (Å²) < 4.78 is 26.6. The van der Waals surface area contributed by atoms with Gasteiger partial charge in [0, 0.05) is 12.8 Å². The second-order valence-electron chi connectivity index (χ2n) is 4.33. The zero-order valence-electron chi connectivity index (χ0n) is 9.01. The fourth-order valence-electron chi connectivity index (χ4n) is 2.29. The van der Waals surface area contributed by atoms with Gasteiger partial charge >= 0.3 is 0 Å². The van der Waals surface area contributed by atoms with Crippen molar-refractivity contribution >= 4 is 5.78 Å². The number of ketones is 1. The van der Waals surface area contributed by atoms with E-state index in [1.54, 1.807) is 6.07 Å². The summed E-state index contributed by atoms with van der Waals surface area (Å²) in [6.07, 6.45) is 3.47. The van der Waals surface area contributed by atoms with Gasteiger partial charge in [-0.3, -0.25) is 4.79 Å². The van der Waals surface area contributed by atoms with E-state index in [0.29, 0.717) is 18.4 Å². The minimum absolute atomic E-state index is 0.148. The molecule has 0 N–H and O–H groups in total. The first-order valence-corrected chi connectivity index (χ1v) is 5.64. The molecule has 0 bridgehead atoms. The van der Waals surface area contributed by atoms with Crippen molar-refractivity contribution in [3.63, 3.8) is 0 Å². The van der Waals surface area contributed by atoms with Crippen LogP contribution in [0.5, 0.6) is 0 Å². The Labute approximate surface area is 93.5 Å². The molecule has 1 atom stereocenters. The molecule has 1 aromatic rings. The molecule has 2 rings (SSSR count). The topological polar surface area (TPSA) is 17.1 Å². The lowest BCUT2D eigenvalue weighted by atomic mass is 9.91. The van der Waals surface area contributed by atoms with E-state index in [1.165, 1.54) is 6.07 Å². The minimum atomic E-state index is -0.825. The molecular weight excluding hydrogens is 210 g/mol. The second-order valence-corrected chi connectivity index (χ2v) is 4.33. The van der Waals surface area contributed by atoms with Gasteiger partial charge in [0.1, 0.15) is 5.78 Å². The summed E-state index contributed by atoms with van der Waals surface area (Å²) in [5, 5.41) is 0. The lowest BCUT2D eigenvalue weighted by molar-refractivity contribution is -0.119. The van der Waals surface area contributed by atoms with E-state index in [4.69, 9.17) is 0 Å². The Balaban J connectivity index is 2.28. The maximum absolute atomic E-state index is 13.6. The third-order valence-corrected chi connectivity index (χ3v) is 3.15. The highest BCUT2D eigenvalue weighted by Crippen LogP contribution is 2.32. The van der Waals surface area contributed by atoms with Crippen LogP contribution in [0.1, 0.15) is 43.6 Å². The average Bonchev–Trinajstić information content (AvgIpc) is 2.47. The van der Waals surface area contributed by atoms with Crippen LogP contribution in [-0.4, -0.2) is 5.78 Å². The number of halogens is 2. The van der Waals surface area contributed by atoms with E-state index in [1.807, 2.05) is 0 Å². The van der Waals surface area contributed by atoms with Crippen LogP contribution in [0.15, 0.2) is 18.2 Å². The van der Waals surface area contributed by atoms with Crippen molar-refractivity contribution in [2.24, 2.45) is 0 Å². The van der Waals surface area contributed by atoms with E-state index in [9.17, 15) is 13.6 Å². The van der Waals surface area contributed by atoms with Crippen molar-refractivity contribution < 1.29 is 13.6 Å². The average molecular weight is 224 g/mol. The quantitative estimate of drug-likeness (QED) is 0.666. The summed E-state index contributed by atoms with van der Waals surface area (Å²) in [5.74, 6) is -1.60. The number of benzene rings is 1. The predicted molar refractivity (Wildman–Crippen MR) is 57.2 cm³/mol. The fourth-order valence-corrected chi connectivity index (χ4v) is 2.29. The van der Waals surface area contributed by atoms with Crippen LogP contribution in [-0.2, 0) is 4.79 Å². The first-order valence-electron chi connectivity index (χ1n) is 5.64. The lowest BCUT2D eigenvalue weighted by Crippen LogP contribution is -2.06. The Morgan fingerprint density at radius 3 is 2.81 bits per heavy atom. The van der Waals surface area contributed by atoms with Gasteiger partial charge in [0.15, 0.2) is 11.6 Å². The van der Waals surface area contributed by atoms with Crippen LogP contribution in [0.2, 0.25) is 0 Å². The van der Waals surface area contributed by atoms with Gasteiger partial charge in [-0.15, -0.1) is 0 Å². The van der Waals surface area contributed by atoms with Gasteiger partial charge in [0.2, 0.25) is 0 Å². The van der Waals surface area contributed by atoms with Crippen LogP contribution >= 0.6 is 0 Å². The molecule has 3 heteroatoms. The zero-order chi connectivity index (χ0) is 11.5. The standard InChI is InChI=1S/C13H14F2O/c14-12-7-3-6-11(13(12)15)9-4-1-2-5-10(16)8-9/h3,6-7,9H,1-2,4-5,8H2. The zero-order valence-corrected chi connectivity index (χ0v) is 9.01. The van der Waals surface area contributed by atoms with Crippen LogP contribution < -0.4 is 0 Å². The third kappa shape index (κ3) is 2.29. The van der Waals surface area contributed by atoms with Crippen LogP contribution in [0.4, 0.5) is 8.78 Å². The van der Waals surface area contributed by atoms with Gasteiger partial charge in [-0.1, -0.05) is 18.6 Å². The van der Waals surface area contributed by atoms with Crippen molar-refractivity contribution in [2.75, 3.05) is 0 Å². The summed E-state index contributed by atoms with van der Waals surface area (Å²) in [5.41, 5.74) is 0.357. The second kappa shape index (κ2) is 4.73. The number of hydrogen-bond donors (Lipinski definition) is 0. The maximum Gasteiger partial charge on any atom is 0.162 e. The molecule has 0 heterocycles. The molecule has 0 aliphatic heterocycles. The Morgan fingerprint density at radius 1 is 1.19 bits per heavy atom. The first kappa shape index (κ1) is 11.2. The molecule has 0 aromatic heterocycles. The van der Waals surface area contributed by atoms with Crippen molar-refractivity contribution in [3.8, 4) is 0 Å². The number of hydrogen-bond acceptors (Lipinski definition) is 1. The molecule has 1 nitrogen and oxygen atoms in total. The number of Topliss-reactive ketones (excluding diaryl/α,β-unsaturated/α-hetero) is 1. The summed E-state index contributed by atoms with van der Waals surface area (Å²) >= 11 is 0. The number of carbonyl (C=O) groups excluding carboxylic acids is 1. The Morgan fingerprint density at radius 2 is 2.00 bits per heavy atom. The van der Waals surface area contributed by atoms with Gasteiger partial charge in [0.05, 0.1) is 0 Å². The van der Waals surface area contributed by atoms with Gasteiger partial charge in [-0.25, -0.2) is 8.78 Å². The monoisotopic (exact) mass is 224 g/mol. The summed E-state index contributed by atoms with van der Waals surface area (Å²) in [4.78, 5) is 11.4. The molecule has 1 aliphatic rings. The van der Waals surface area contributed by atoms with Gasteiger partial charge in [0.25, 0.3) is 0 Å². The molecule has 1 saturated carbocycles. The molecule has 1 fully saturated rings. The predicted octanol–water partition coefficient (Wildman–Crippen LogP) is 3.58. The molecule has 86 valence electrons. The van der Waals surface area contributed by atoms with Crippen LogP contribution in [0, 0.1) is 11.6 Å².